The quantitative estimate of drug-likeness (QED) is 0.589. The standard InChI is InChI=1S/C22H31N3O5/c1-29-14-11-23-21(27)19(24-20(26)16-3-4-16)15-9-12-25(13-10-15)22(28)17-5-7-18(30-2)8-6-17/h5-8,15-16,19H,3-4,9-14H2,1-2H3,(H,23,27)(H,24,26). The Morgan fingerprint density at radius 3 is 2.30 bits per heavy atom. The van der Waals surface area contributed by atoms with Gasteiger partial charge in [0.15, 0.2) is 0 Å². The minimum absolute atomic E-state index is 0.00448. The van der Waals surface area contributed by atoms with Crippen LogP contribution >= 0.6 is 0 Å². The Bertz CT molecular complexity index is 740. The number of hydrogen-bond acceptors (Lipinski definition) is 5. The summed E-state index contributed by atoms with van der Waals surface area (Å²) < 4.78 is 10.1. The molecule has 2 aliphatic rings. The maximum absolute atomic E-state index is 12.8. The van der Waals surface area contributed by atoms with E-state index in [9.17, 15) is 14.4 Å². The molecule has 2 N–H and O–H groups in total. The monoisotopic (exact) mass is 417 g/mol. The molecule has 164 valence electrons. The van der Waals surface area contributed by atoms with Gasteiger partial charge in [-0.1, -0.05) is 0 Å². The molecule has 1 atom stereocenters. The van der Waals surface area contributed by atoms with Crippen molar-refractivity contribution in [3.63, 3.8) is 0 Å². The Morgan fingerprint density at radius 2 is 1.73 bits per heavy atom. The third-order valence-electron chi connectivity index (χ3n) is 5.77. The summed E-state index contributed by atoms with van der Waals surface area (Å²) in [7, 11) is 3.17. The van der Waals surface area contributed by atoms with E-state index in [0.29, 0.717) is 50.4 Å². The number of methoxy groups -OCH3 is 2. The van der Waals surface area contributed by atoms with Crippen molar-refractivity contribution in [1.29, 1.82) is 0 Å². The summed E-state index contributed by atoms with van der Waals surface area (Å²) in [5.41, 5.74) is 0.616. The second-order valence-corrected chi connectivity index (χ2v) is 7.90. The number of nitrogens with one attached hydrogen (secondary N) is 2. The van der Waals surface area contributed by atoms with E-state index in [1.807, 2.05) is 0 Å². The smallest absolute Gasteiger partial charge is 0.253 e. The van der Waals surface area contributed by atoms with Crippen molar-refractivity contribution < 1.29 is 23.9 Å². The molecule has 1 heterocycles. The fourth-order valence-electron chi connectivity index (χ4n) is 3.75. The molecule has 1 aromatic rings. The summed E-state index contributed by atoms with van der Waals surface area (Å²) >= 11 is 0. The highest BCUT2D eigenvalue weighted by molar-refractivity contribution is 5.94. The molecule has 0 bridgehead atoms. The summed E-state index contributed by atoms with van der Waals surface area (Å²) in [5, 5.41) is 5.80. The number of amides is 3. The molecule has 0 radical (unpaired) electrons. The van der Waals surface area contributed by atoms with Crippen molar-refractivity contribution in [2.24, 2.45) is 11.8 Å². The molecule has 8 heteroatoms. The van der Waals surface area contributed by atoms with E-state index >= 15 is 0 Å². The van der Waals surface area contributed by atoms with Crippen LogP contribution in [0.1, 0.15) is 36.0 Å². The van der Waals surface area contributed by atoms with E-state index in [1.165, 1.54) is 0 Å². The number of nitrogens with zero attached hydrogens (tertiary/aromatic N) is 1. The number of carbonyl (C=O) groups is 3. The molecule has 2 fully saturated rings. The van der Waals surface area contributed by atoms with E-state index in [1.54, 1.807) is 43.4 Å². The number of likely N-dealkylation sites (tertiary alicyclic amines) is 1. The second-order valence-electron chi connectivity index (χ2n) is 7.90. The highest BCUT2D eigenvalue weighted by atomic mass is 16.5. The number of carbonyl (C=O) groups excluding carboxylic acids is 3. The molecule has 1 aromatic carbocycles. The Labute approximate surface area is 177 Å². The van der Waals surface area contributed by atoms with Crippen LogP contribution in [0.5, 0.6) is 5.75 Å². The van der Waals surface area contributed by atoms with Crippen LogP contribution in [0.4, 0.5) is 0 Å². The van der Waals surface area contributed by atoms with Crippen LogP contribution < -0.4 is 15.4 Å². The maximum Gasteiger partial charge on any atom is 0.253 e. The molecular weight excluding hydrogens is 386 g/mol. The third kappa shape index (κ3) is 5.72. The van der Waals surface area contributed by atoms with Crippen molar-refractivity contribution in [2.45, 2.75) is 31.7 Å². The predicted octanol–water partition coefficient (Wildman–Crippen LogP) is 1.20. The maximum atomic E-state index is 12.8. The molecule has 1 unspecified atom stereocenters. The number of benzene rings is 1. The summed E-state index contributed by atoms with van der Waals surface area (Å²) in [5.74, 6) is 0.490. The van der Waals surface area contributed by atoms with Crippen LogP contribution in [0, 0.1) is 11.8 Å². The van der Waals surface area contributed by atoms with E-state index in [-0.39, 0.29) is 29.6 Å². The highest BCUT2D eigenvalue weighted by Gasteiger charge is 2.37. The lowest BCUT2D eigenvalue weighted by Crippen LogP contribution is -2.54. The number of piperidine rings is 1. The molecular formula is C22H31N3O5. The molecule has 3 amide bonds. The van der Waals surface area contributed by atoms with Gasteiger partial charge in [-0.3, -0.25) is 14.4 Å². The highest BCUT2D eigenvalue weighted by Crippen LogP contribution is 2.30. The van der Waals surface area contributed by atoms with E-state index in [2.05, 4.69) is 10.6 Å². The number of rotatable bonds is 9. The van der Waals surface area contributed by atoms with Gasteiger partial charge in [0.05, 0.1) is 13.7 Å². The van der Waals surface area contributed by atoms with Crippen molar-refractivity contribution in [2.75, 3.05) is 40.5 Å². The van der Waals surface area contributed by atoms with Crippen molar-refractivity contribution in [3.05, 3.63) is 29.8 Å². The Hall–Kier alpha value is -2.61. The molecule has 0 aromatic heterocycles. The summed E-state index contributed by atoms with van der Waals surface area (Å²) in [4.78, 5) is 39.6. The summed E-state index contributed by atoms with van der Waals surface area (Å²) in [6.45, 7) is 1.93. The average molecular weight is 418 g/mol. The van der Waals surface area contributed by atoms with Gasteiger partial charge in [-0.25, -0.2) is 0 Å². The normalized spacial score (nSPS) is 17.9. The van der Waals surface area contributed by atoms with E-state index in [0.717, 1.165) is 12.8 Å². The van der Waals surface area contributed by atoms with Gasteiger partial charge in [0.2, 0.25) is 11.8 Å². The molecule has 1 saturated heterocycles. The zero-order valence-electron chi connectivity index (χ0n) is 17.7. The van der Waals surface area contributed by atoms with E-state index in [4.69, 9.17) is 9.47 Å². The van der Waals surface area contributed by atoms with Crippen molar-refractivity contribution in [1.82, 2.24) is 15.5 Å². The van der Waals surface area contributed by atoms with Crippen molar-refractivity contribution >= 4 is 17.7 Å². The van der Waals surface area contributed by atoms with Gasteiger partial charge in [-0.15, -0.1) is 0 Å². The van der Waals surface area contributed by atoms with Gasteiger partial charge in [-0.2, -0.15) is 0 Å². The second kappa shape index (κ2) is 10.4. The summed E-state index contributed by atoms with van der Waals surface area (Å²) in [6, 6.07) is 6.49. The lowest BCUT2D eigenvalue weighted by atomic mass is 9.88. The first-order chi connectivity index (χ1) is 14.5. The lowest BCUT2D eigenvalue weighted by molar-refractivity contribution is -0.131. The Kier molecular flexibility index (Phi) is 7.68. The molecule has 30 heavy (non-hydrogen) atoms. The number of ether oxygens (including phenoxy) is 2. The van der Waals surface area contributed by atoms with Crippen LogP contribution in [0.3, 0.4) is 0 Å². The van der Waals surface area contributed by atoms with Gasteiger partial charge < -0.3 is 25.0 Å². The van der Waals surface area contributed by atoms with Crippen LogP contribution in [0.2, 0.25) is 0 Å². The molecule has 8 nitrogen and oxygen atoms in total. The van der Waals surface area contributed by atoms with Crippen molar-refractivity contribution in [3.8, 4) is 5.75 Å². The minimum Gasteiger partial charge on any atom is -0.497 e. The first-order valence-electron chi connectivity index (χ1n) is 10.5. The fourth-order valence-corrected chi connectivity index (χ4v) is 3.75. The molecule has 1 saturated carbocycles. The van der Waals surface area contributed by atoms with Crippen LogP contribution in [-0.2, 0) is 14.3 Å². The van der Waals surface area contributed by atoms with Gasteiger partial charge >= 0.3 is 0 Å². The molecule has 1 aliphatic carbocycles. The van der Waals surface area contributed by atoms with Gasteiger partial charge in [0, 0.05) is 38.2 Å². The SMILES string of the molecule is COCCNC(=O)C(NC(=O)C1CC1)C1CCN(C(=O)c2ccc(OC)cc2)CC1. The molecule has 1 aliphatic heterocycles. The first kappa shape index (κ1) is 22.1. The lowest BCUT2D eigenvalue weighted by Gasteiger charge is -2.36. The fraction of sp³-hybridized carbons (Fsp3) is 0.591. The third-order valence-corrected chi connectivity index (χ3v) is 5.77. The van der Waals surface area contributed by atoms with Crippen LogP contribution in [0.15, 0.2) is 24.3 Å². The minimum atomic E-state index is -0.576. The molecule has 0 spiro atoms. The largest absolute Gasteiger partial charge is 0.497 e. The molecule has 3 rings (SSSR count). The zero-order valence-corrected chi connectivity index (χ0v) is 17.7. The zero-order chi connectivity index (χ0) is 21.5. The summed E-state index contributed by atoms with van der Waals surface area (Å²) in [6.07, 6.45) is 3.10. The van der Waals surface area contributed by atoms with Gasteiger partial charge in [0.25, 0.3) is 5.91 Å². The predicted molar refractivity (Wildman–Crippen MR) is 111 cm³/mol. The van der Waals surface area contributed by atoms with Crippen LogP contribution in [-0.4, -0.2) is 69.1 Å². The topological polar surface area (TPSA) is 97.0 Å². The van der Waals surface area contributed by atoms with Gasteiger partial charge in [-0.05, 0) is 55.9 Å². The average Bonchev–Trinajstić information content (AvgIpc) is 3.63. The Morgan fingerprint density at radius 1 is 1.07 bits per heavy atom. The van der Waals surface area contributed by atoms with E-state index < -0.39 is 6.04 Å². The number of hydrogen-bond donors (Lipinski definition) is 2. The van der Waals surface area contributed by atoms with Crippen LogP contribution in [0.25, 0.3) is 0 Å². The van der Waals surface area contributed by atoms with Gasteiger partial charge in [0.1, 0.15) is 11.8 Å². The Balaban J connectivity index is 1.58. The first-order valence-corrected chi connectivity index (χ1v) is 10.5.